The van der Waals surface area contributed by atoms with E-state index < -0.39 is 23.5 Å². The number of nitrogens with one attached hydrogen (secondary N) is 1. The molecule has 1 aliphatic rings. The maximum atomic E-state index is 13.5. The van der Waals surface area contributed by atoms with E-state index >= 15 is 0 Å². The summed E-state index contributed by atoms with van der Waals surface area (Å²) in [5.74, 6) is -3.30. The van der Waals surface area contributed by atoms with Crippen LogP contribution in [0.4, 0.5) is 20.4 Å². The largest absolute Gasteiger partial charge is 0.311 e. The van der Waals surface area contributed by atoms with Crippen molar-refractivity contribution in [1.82, 2.24) is 14.8 Å². The molecule has 3 aromatic rings. The molecule has 2 heterocycles. The highest BCUT2D eigenvalue weighted by molar-refractivity contribution is 9.10. The summed E-state index contributed by atoms with van der Waals surface area (Å²) in [5, 5.41) is 6.84. The van der Waals surface area contributed by atoms with E-state index in [9.17, 15) is 18.4 Å². The highest BCUT2D eigenvalue weighted by Gasteiger charge is 2.35. The molecule has 0 saturated carbocycles. The minimum absolute atomic E-state index is 0.0373. The lowest BCUT2D eigenvalue weighted by atomic mass is 10.1. The Morgan fingerprint density at radius 2 is 1.93 bits per heavy atom. The van der Waals surface area contributed by atoms with Crippen molar-refractivity contribution in [1.29, 1.82) is 0 Å². The molecule has 1 unspecified atom stereocenters. The molecule has 154 valence electrons. The van der Waals surface area contributed by atoms with Crippen LogP contribution in [0.2, 0.25) is 0 Å². The molecule has 30 heavy (non-hydrogen) atoms. The van der Waals surface area contributed by atoms with Crippen LogP contribution in [0, 0.1) is 17.6 Å². The number of carbonyl (C=O) groups is 2. The third kappa shape index (κ3) is 4.38. The fraction of sp³-hybridized carbons (Fsp3) is 0.200. The number of anilines is 2. The zero-order chi connectivity index (χ0) is 21.3. The van der Waals surface area contributed by atoms with Crippen molar-refractivity contribution in [2.75, 3.05) is 16.8 Å². The summed E-state index contributed by atoms with van der Waals surface area (Å²) >= 11 is 3.38. The maximum Gasteiger partial charge on any atom is 0.248 e. The molecule has 1 fully saturated rings. The number of hydrogen-bond acceptors (Lipinski definition) is 4. The van der Waals surface area contributed by atoms with Gasteiger partial charge in [-0.15, -0.1) is 5.10 Å². The quantitative estimate of drug-likeness (QED) is 0.613. The van der Waals surface area contributed by atoms with Gasteiger partial charge >= 0.3 is 0 Å². The number of benzene rings is 2. The summed E-state index contributed by atoms with van der Waals surface area (Å²) in [6.45, 7) is 0.553. The van der Waals surface area contributed by atoms with Crippen LogP contribution < -0.4 is 10.2 Å². The lowest BCUT2D eigenvalue weighted by Crippen LogP contribution is -2.28. The number of hydrogen-bond donors (Lipinski definition) is 1. The molecule has 1 saturated heterocycles. The molecular weight excluding hydrogens is 460 g/mol. The van der Waals surface area contributed by atoms with Crippen molar-refractivity contribution >= 4 is 39.4 Å². The topological polar surface area (TPSA) is 80.1 Å². The van der Waals surface area contributed by atoms with Crippen LogP contribution in [0.15, 0.2) is 53.3 Å². The van der Waals surface area contributed by atoms with Crippen LogP contribution in [0.3, 0.4) is 0 Å². The lowest BCUT2D eigenvalue weighted by molar-refractivity contribution is -0.122. The first-order chi connectivity index (χ1) is 14.4. The van der Waals surface area contributed by atoms with Crippen molar-refractivity contribution < 1.29 is 18.4 Å². The molecule has 4 rings (SSSR count). The van der Waals surface area contributed by atoms with E-state index in [2.05, 4.69) is 31.3 Å². The minimum Gasteiger partial charge on any atom is -0.311 e. The Bertz CT molecular complexity index is 1100. The Hall–Kier alpha value is -3.14. The number of halogens is 3. The standard InChI is InChI=1S/C20H16BrF2N5O2/c21-14-3-1-12(2-4-14)9-27-11-24-20(26-27)25-19(30)13-7-18(29)28(10-13)15-5-6-16(22)17(23)8-15/h1-6,8,11,13H,7,9-10H2,(H,25,26,30). The zero-order valence-electron chi connectivity index (χ0n) is 15.6. The van der Waals surface area contributed by atoms with E-state index in [1.165, 1.54) is 17.3 Å². The number of nitrogens with zero attached hydrogens (tertiary/aromatic N) is 4. The van der Waals surface area contributed by atoms with Gasteiger partial charge in [-0.2, -0.15) is 0 Å². The first-order valence-electron chi connectivity index (χ1n) is 9.09. The van der Waals surface area contributed by atoms with Crippen LogP contribution in [0.25, 0.3) is 0 Å². The fourth-order valence-electron chi connectivity index (χ4n) is 3.20. The number of rotatable bonds is 5. The molecule has 1 N–H and O–H groups in total. The van der Waals surface area contributed by atoms with E-state index in [0.29, 0.717) is 6.54 Å². The Morgan fingerprint density at radius 1 is 1.17 bits per heavy atom. The number of amides is 2. The van der Waals surface area contributed by atoms with Gasteiger partial charge < -0.3 is 4.90 Å². The molecule has 2 amide bonds. The highest BCUT2D eigenvalue weighted by atomic mass is 79.9. The average molecular weight is 476 g/mol. The van der Waals surface area contributed by atoms with Crippen molar-refractivity contribution in [2.24, 2.45) is 5.92 Å². The van der Waals surface area contributed by atoms with E-state index in [1.54, 1.807) is 4.68 Å². The van der Waals surface area contributed by atoms with Gasteiger partial charge in [-0.1, -0.05) is 28.1 Å². The molecule has 0 bridgehead atoms. The van der Waals surface area contributed by atoms with Gasteiger partial charge in [0.25, 0.3) is 0 Å². The fourth-order valence-corrected chi connectivity index (χ4v) is 3.47. The van der Waals surface area contributed by atoms with E-state index in [-0.39, 0.29) is 30.5 Å². The van der Waals surface area contributed by atoms with E-state index in [1.807, 2.05) is 24.3 Å². The molecule has 2 aromatic carbocycles. The number of carbonyl (C=O) groups excluding carboxylic acids is 2. The summed E-state index contributed by atoms with van der Waals surface area (Å²) in [6, 6.07) is 10.9. The SMILES string of the molecule is O=C(Nc1ncn(Cc2ccc(Br)cc2)n1)C1CC(=O)N(c2ccc(F)c(F)c2)C1. The summed E-state index contributed by atoms with van der Waals surface area (Å²) in [5.41, 5.74) is 1.23. The molecule has 1 aliphatic heterocycles. The molecule has 0 spiro atoms. The Balaban J connectivity index is 1.38. The average Bonchev–Trinajstić information content (AvgIpc) is 3.32. The molecular formula is C20H16BrF2N5O2. The van der Waals surface area contributed by atoms with E-state index in [0.717, 1.165) is 22.2 Å². The van der Waals surface area contributed by atoms with Crippen LogP contribution in [0.5, 0.6) is 0 Å². The molecule has 10 heteroatoms. The summed E-state index contributed by atoms with van der Waals surface area (Å²) in [7, 11) is 0. The van der Waals surface area contributed by atoms with Crippen LogP contribution in [0.1, 0.15) is 12.0 Å². The summed E-state index contributed by atoms with van der Waals surface area (Å²) in [6.07, 6.45) is 1.47. The van der Waals surface area contributed by atoms with Gasteiger partial charge in [-0.25, -0.2) is 18.4 Å². The van der Waals surface area contributed by atoms with Crippen molar-refractivity contribution in [3.05, 3.63) is 70.5 Å². The van der Waals surface area contributed by atoms with Gasteiger partial charge in [0.15, 0.2) is 11.6 Å². The maximum absolute atomic E-state index is 13.5. The third-order valence-electron chi connectivity index (χ3n) is 4.74. The molecule has 1 aromatic heterocycles. The molecule has 1 atom stereocenters. The Morgan fingerprint density at radius 3 is 2.67 bits per heavy atom. The van der Waals surface area contributed by atoms with Crippen LogP contribution in [-0.2, 0) is 16.1 Å². The van der Waals surface area contributed by atoms with Gasteiger partial charge in [0.05, 0.1) is 12.5 Å². The second kappa shape index (κ2) is 8.31. The number of aromatic nitrogens is 3. The first-order valence-corrected chi connectivity index (χ1v) is 9.88. The molecule has 0 aliphatic carbocycles. The van der Waals surface area contributed by atoms with Crippen molar-refractivity contribution in [2.45, 2.75) is 13.0 Å². The van der Waals surface area contributed by atoms with Gasteiger partial charge in [0.1, 0.15) is 6.33 Å². The predicted octanol–water partition coefficient (Wildman–Crippen LogP) is 3.36. The summed E-state index contributed by atoms with van der Waals surface area (Å²) in [4.78, 5) is 30.2. The second-order valence-electron chi connectivity index (χ2n) is 6.89. The van der Waals surface area contributed by atoms with Crippen molar-refractivity contribution in [3.63, 3.8) is 0 Å². The van der Waals surface area contributed by atoms with E-state index in [4.69, 9.17) is 0 Å². The zero-order valence-corrected chi connectivity index (χ0v) is 17.1. The van der Waals surface area contributed by atoms with Crippen LogP contribution >= 0.6 is 15.9 Å². The molecule has 7 nitrogen and oxygen atoms in total. The molecule has 0 radical (unpaired) electrons. The Labute approximate surface area is 178 Å². The van der Waals surface area contributed by atoms with Crippen molar-refractivity contribution in [3.8, 4) is 0 Å². The normalized spacial score (nSPS) is 16.2. The summed E-state index contributed by atoms with van der Waals surface area (Å²) < 4.78 is 29.2. The van der Waals surface area contributed by atoms with Gasteiger partial charge in [-0.05, 0) is 29.8 Å². The third-order valence-corrected chi connectivity index (χ3v) is 5.27. The van der Waals surface area contributed by atoms with Gasteiger partial charge in [0, 0.05) is 29.2 Å². The van der Waals surface area contributed by atoms with Crippen LogP contribution in [-0.4, -0.2) is 33.1 Å². The second-order valence-corrected chi connectivity index (χ2v) is 7.80. The highest BCUT2D eigenvalue weighted by Crippen LogP contribution is 2.27. The smallest absolute Gasteiger partial charge is 0.248 e. The minimum atomic E-state index is -1.05. The Kier molecular flexibility index (Phi) is 5.58. The lowest BCUT2D eigenvalue weighted by Gasteiger charge is -2.16. The van der Waals surface area contributed by atoms with Gasteiger partial charge in [-0.3, -0.25) is 14.9 Å². The van der Waals surface area contributed by atoms with Gasteiger partial charge in [0.2, 0.25) is 17.8 Å². The predicted molar refractivity (Wildman–Crippen MR) is 109 cm³/mol. The monoisotopic (exact) mass is 475 g/mol. The first kappa shape index (κ1) is 20.1.